The first-order valence-electron chi connectivity index (χ1n) is 6.02. The Balaban J connectivity index is 2.23. The molecule has 2 aromatic rings. The van der Waals surface area contributed by atoms with Gasteiger partial charge in [0.25, 0.3) is 11.5 Å². The van der Waals surface area contributed by atoms with Crippen LogP contribution in [-0.4, -0.2) is 44.4 Å². The molecule has 0 saturated heterocycles. The number of carbonyl (C=O) groups excluding carboxylic acids is 1. The summed E-state index contributed by atoms with van der Waals surface area (Å²) < 4.78 is 1.26. The molecule has 0 bridgehead atoms. The Morgan fingerprint density at radius 2 is 2.33 bits per heavy atom. The molecule has 2 rings (SSSR count). The van der Waals surface area contributed by atoms with Crippen molar-refractivity contribution in [3.63, 3.8) is 0 Å². The van der Waals surface area contributed by atoms with Crippen LogP contribution < -0.4 is 10.9 Å². The van der Waals surface area contributed by atoms with Crippen LogP contribution in [0.4, 0.5) is 0 Å². The first-order chi connectivity index (χ1) is 10.0. The van der Waals surface area contributed by atoms with E-state index in [0.717, 1.165) is 0 Å². The van der Waals surface area contributed by atoms with Crippen molar-refractivity contribution in [3.8, 4) is 0 Å². The number of hydrogen-bond donors (Lipinski definition) is 2. The van der Waals surface area contributed by atoms with Gasteiger partial charge in [-0.15, -0.1) is 11.3 Å². The van der Waals surface area contributed by atoms with Crippen molar-refractivity contribution < 1.29 is 14.7 Å². The molecule has 0 spiro atoms. The monoisotopic (exact) mass is 327 g/mol. The number of hydrogen-bond acceptors (Lipinski definition) is 6. The third-order valence-electron chi connectivity index (χ3n) is 2.80. The highest BCUT2D eigenvalue weighted by Crippen LogP contribution is 2.06. The van der Waals surface area contributed by atoms with E-state index >= 15 is 0 Å². The van der Waals surface area contributed by atoms with Gasteiger partial charge in [0.2, 0.25) is 0 Å². The molecular formula is C12H13N3O4S2. The van der Waals surface area contributed by atoms with E-state index in [-0.39, 0.29) is 12.0 Å². The number of thiazole rings is 1. The van der Waals surface area contributed by atoms with Crippen LogP contribution in [-0.2, 0) is 4.79 Å². The molecule has 2 aromatic heterocycles. The highest BCUT2D eigenvalue weighted by atomic mass is 32.2. The number of nitrogens with zero attached hydrogens (tertiary/aromatic N) is 2. The molecule has 9 heteroatoms. The molecule has 0 aliphatic rings. The number of thioether (sulfide) groups is 1. The Kier molecular flexibility index (Phi) is 4.97. The van der Waals surface area contributed by atoms with Crippen LogP contribution in [0.3, 0.4) is 0 Å². The largest absolute Gasteiger partial charge is 0.480 e. The maximum atomic E-state index is 12.1. The number of fused-ring (bicyclic) bond motifs is 1. The molecular weight excluding hydrogens is 314 g/mol. The molecule has 2 N–H and O–H groups in total. The van der Waals surface area contributed by atoms with Crippen LogP contribution in [0.15, 0.2) is 22.6 Å². The topological polar surface area (TPSA) is 101 Å². The molecule has 0 aliphatic heterocycles. The SMILES string of the molecule is CSCC[C@H](NC(=O)c1cnc2sccn2c1=O)C(=O)O. The molecule has 0 saturated carbocycles. The summed E-state index contributed by atoms with van der Waals surface area (Å²) in [5.74, 6) is -1.25. The maximum Gasteiger partial charge on any atom is 0.326 e. The van der Waals surface area contributed by atoms with E-state index in [4.69, 9.17) is 5.11 Å². The summed E-state index contributed by atoms with van der Waals surface area (Å²) in [7, 11) is 0. The Labute approximate surface area is 128 Å². The molecule has 2 heterocycles. The van der Waals surface area contributed by atoms with Gasteiger partial charge < -0.3 is 10.4 Å². The van der Waals surface area contributed by atoms with Crippen LogP contribution in [0.1, 0.15) is 16.8 Å². The fourth-order valence-corrected chi connectivity index (χ4v) is 2.86. The minimum atomic E-state index is -1.12. The first-order valence-corrected chi connectivity index (χ1v) is 8.29. The quantitative estimate of drug-likeness (QED) is 0.810. The van der Waals surface area contributed by atoms with E-state index in [1.165, 1.54) is 39.9 Å². The predicted octanol–water partition coefficient (Wildman–Crippen LogP) is 0.692. The van der Waals surface area contributed by atoms with Crippen LogP contribution in [0.2, 0.25) is 0 Å². The minimum Gasteiger partial charge on any atom is -0.480 e. The Bertz CT molecular complexity index is 725. The third-order valence-corrected chi connectivity index (χ3v) is 4.22. The van der Waals surface area contributed by atoms with Gasteiger partial charge in [0.1, 0.15) is 11.6 Å². The molecule has 112 valence electrons. The summed E-state index contributed by atoms with van der Waals surface area (Å²) in [4.78, 5) is 39.8. The van der Waals surface area contributed by atoms with Gasteiger partial charge in [-0.1, -0.05) is 0 Å². The lowest BCUT2D eigenvalue weighted by Crippen LogP contribution is -2.43. The summed E-state index contributed by atoms with van der Waals surface area (Å²) >= 11 is 2.76. The number of carbonyl (C=O) groups is 2. The lowest BCUT2D eigenvalue weighted by molar-refractivity contribution is -0.139. The van der Waals surface area contributed by atoms with Crippen molar-refractivity contribution >= 4 is 39.9 Å². The molecule has 0 aromatic carbocycles. The van der Waals surface area contributed by atoms with Gasteiger partial charge in [-0.05, 0) is 18.4 Å². The smallest absolute Gasteiger partial charge is 0.326 e. The lowest BCUT2D eigenvalue weighted by atomic mass is 10.2. The molecule has 0 unspecified atom stereocenters. The van der Waals surface area contributed by atoms with E-state index in [0.29, 0.717) is 10.7 Å². The number of aromatic nitrogens is 2. The fraction of sp³-hybridized carbons (Fsp3) is 0.333. The normalized spacial score (nSPS) is 12.2. The zero-order valence-electron chi connectivity index (χ0n) is 11.1. The van der Waals surface area contributed by atoms with Crippen molar-refractivity contribution in [2.24, 2.45) is 0 Å². The summed E-state index contributed by atoms with van der Waals surface area (Å²) in [5.41, 5.74) is -0.672. The number of carboxylic acids is 1. The van der Waals surface area contributed by atoms with Crippen molar-refractivity contribution in [1.82, 2.24) is 14.7 Å². The molecule has 0 fully saturated rings. The van der Waals surface area contributed by atoms with Gasteiger partial charge in [-0.2, -0.15) is 11.8 Å². The van der Waals surface area contributed by atoms with Crippen molar-refractivity contribution in [1.29, 1.82) is 0 Å². The second-order valence-corrected chi connectivity index (χ2v) is 6.04. The zero-order chi connectivity index (χ0) is 15.4. The summed E-state index contributed by atoms with van der Waals surface area (Å²) in [5, 5.41) is 13.1. The standard InChI is InChI=1S/C12H13N3O4S2/c1-20-4-2-8(11(18)19)14-9(16)7-6-13-12-15(10(7)17)3-5-21-12/h3,5-6,8H,2,4H2,1H3,(H,14,16)(H,18,19)/t8-/m0/s1. The number of amides is 1. The van der Waals surface area contributed by atoms with E-state index in [1.807, 2.05) is 6.26 Å². The molecule has 7 nitrogen and oxygen atoms in total. The number of carboxylic acid groups (broad SMARTS) is 1. The molecule has 1 atom stereocenters. The molecule has 21 heavy (non-hydrogen) atoms. The fourth-order valence-electron chi connectivity index (χ4n) is 1.71. The summed E-state index contributed by atoms with van der Waals surface area (Å²) in [6, 6.07) is -1.02. The maximum absolute atomic E-state index is 12.1. The van der Waals surface area contributed by atoms with Crippen LogP contribution in [0.5, 0.6) is 0 Å². The average molecular weight is 327 g/mol. The van der Waals surface area contributed by atoms with Crippen molar-refractivity contribution in [3.05, 3.63) is 33.7 Å². The number of aliphatic carboxylic acids is 1. The van der Waals surface area contributed by atoms with Crippen LogP contribution >= 0.6 is 23.1 Å². The number of nitrogens with one attached hydrogen (secondary N) is 1. The Morgan fingerprint density at radius 1 is 1.57 bits per heavy atom. The predicted molar refractivity (Wildman–Crippen MR) is 81.2 cm³/mol. The van der Waals surface area contributed by atoms with Crippen LogP contribution in [0.25, 0.3) is 4.96 Å². The first kappa shape index (κ1) is 15.5. The highest BCUT2D eigenvalue weighted by Gasteiger charge is 2.22. The zero-order valence-corrected chi connectivity index (χ0v) is 12.7. The molecule has 0 radical (unpaired) electrons. The van der Waals surface area contributed by atoms with Gasteiger partial charge in [-0.3, -0.25) is 14.0 Å². The highest BCUT2D eigenvalue weighted by molar-refractivity contribution is 7.98. The number of rotatable bonds is 6. The third kappa shape index (κ3) is 3.42. The van der Waals surface area contributed by atoms with Gasteiger partial charge in [0, 0.05) is 17.8 Å². The Morgan fingerprint density at radius 3 is 3.00 bits per heavy atom. The van der Waals surface area contributed by atoms with Crippen molar-refractivity contribution in [2.45, 2.75) is 12.5 Å². The van der Waals surface area contributed by atoms with E-state index in [2.05, 4.69) is 10.3 Å². The van der Waals surface area contributed by atoms with Gasteiger partial charge >= 0.3 is 5.97 Å². The molecule has 0 aliphatic carbocycles. The van der Waals surface area contributed by atoms with Gasteiger partial charge in [-0.25, -0.2) is 9.78 Å². The minimum absolute atomic E-state index is 0.165. The second kappa shape index (κ2) is 6.72. The average Bonchev–Trinajstić information content (AvgIpc) is 2.92. The second-order valence-electron chi connectivity index (χ2n) is 4.18. The summed E-state index contributed by atoms with van der Waals surface area (Å²) in [6.45, 7) is 0. The van der Waals surface area contributed by atoms with E-state index in [1.54, 1.807) is 5.38 Å². The van der Waals surface area contributed by atoms with Crippen LogP contribution in [0, 0.1) is 0 Å². The van der Waals surface area contributed by atoms with E-state index in [9.17, 15) is 14.4 Å². The van der Waals surface area contributed by atoms with Gasteiger partial charge in [0.15, 0.2) is 4.96 Å². The lowest BCUT2D eigenvalue weighted by Gasteiger charge is -2.13. The Hall–Kier alpha value is -1.87. The van der Waals surface area contributed by atoms with Crippen molar-refractivity contribution in [2.75, 3.05) is 12.0 Å². The van der Waals surface area contributed by atoms with Gasteiger partial charge in [0.05, 0.1) is 0 Å². The summed E-state index contributed by atoms with van der Waals surface area (Å²) in [6.07, 6.45) is 4.84. The molecule has 1 amide bonds. The van der Waals surface area contributed by atoms with E-state index < -0.39 is 23.5 Å².